The summed E-state index contributed by atoms with van der Waals surface area (Å²) in [7, 11) is 1.85. The minimum atomic E-state index is 0.0589. The van der Waals surface area contributed by atoms with Gasteiger partial charge in [-0.2, -0.15) is 5.10 Å². The number of carbonyl (C=O) groups excluding carboxylic acids is 1. The molecule has 0 spiro atoms. The van der Waals surface area contributed by atoms with Crippen molar-refractivity contribution in [3.8, 4) is 0 Å². The van der Waals surface area contributed by atoms with Crippen molar-refractivity contribution in [1.82, 2.24) is 9.78 Å². The van der Waals surface area contributed by atoms with E-state index in [4.69, 9.17) is 11.6 Å². The average molecular weight is 263 g/mol. The van der Waals surface area contributed by atoms with E-state index in [-0.39, 0.29) is 5.78 Å². The van der Waals surface area contributed by atoms with Crippen molar-refractivity contribution < 1.29 is 4.79 Å². The van der Waals surface area contributed by atoms with Gasteiger partial charge in [-0.1, -0.05) is 11.6 Å². The molecule has 4 heteroatoms. The van der Waals surface area contributed by atoms with Gasteiger partial charge in [0.1, 0.15) is 0 Å². The lowest BCUT2D eigenvalue weighted by Crippen LogP contribution is -2.08. The SMILES string of the molecule is Cc1cc(Cl)cc(C(=O)Cc2cc(C)nn2C)c1. The van der Waals surface area contributed by atoms with Gasteiger partial charge in [-0.3, -0.25) is 9.48 Å². The molecule has 0 aliphatic rings. The Morgan fingerprint density at radius 3 is 2.56 bits per heavy atom. The molecule has 0 amide bonds. The third kappa shape index (κ3) is 2.79. The molecule has 0 N–H and O–H groups in total. The van der Waals surface area contributed by atoms with E-state index >= 15 is 0 Å². The van der Waals surface area contributed by atoms with Crippen LogP contribution in [-0.2, 0) is 13.5 Å². The first-order valence-corrected chi connectivity index (χ1v) is 6.13. The molecule has 0 atom stereocenters. The summed E-state index contributed by atoms with van der Waals surface area (Å²) in [5.74, 6) is 0.0589. The third-order valence-corrected chi connectivity index (χ3v) is 3.02. The normalized spacial score (nSPS) is 10.7. The van der Waals surface area contributed by atoms with Crippen LogP contribution in [0.15, 0.2) is 24.3 Å². The number of nitrogens with zero attached hydrogens (tertiary/aromatic N) is 2. The fraction of sp³-hybridized carbons (Fsp3) is 0.286. The van der Waals surface area contributed by atoms with E-state index in [0.717, 1.165) is 17.0 Å². The summed E-state index contributed by atoms with van der Waals surface area (Å²) in [4.78, 5) is 12.2. The highest BCUT2D eigenvalue weighted by Crippen LogP contribution is 2.16. The molecule has 94 valence electrons. The van der Waals surface area contributed by atoms with Crippen molar-refractivity contribution in [1.29, 1.82) is 0 Å². The van der Waals surface area contributed by atoms with Crippen molar-refractivity contribution in [2.24, 2.45) is 7.05 Å². The van der Waals surface area contributed by atoms with Crippen LogP contribution >= 0.6 is 11.6 Å². The number of rotatable bonds is 3. The number of ketones is 1. The summed E-state index contributed by atoms with van der Waals surface area (Å²) in [6.07, 6.45) is 0.344. The zero-order valence-electron chi connectivity index (χ0n) is 10.7. The molecule has 0 saturated heterocycles. The minimum Gasteiger partial charge on any atom is -0.294 e. The fourth-order valence-electron chi connectivity index (χ4n) is 1.99. The lowest BCUT2D eigenvalue weighted by molar-refractivity contribution is 0.0990. The molecule has 0 saturated carbocycles. The molecule has 2 rings (SSSR count). The predicted molar refractivity (Wildman–Crippen MR) is 72.2 cm³/mol. The molecule has 0 radical (unpaired) electrons. The smallest absolute Gasteiger partial charge is 0.168 e. The Hall–Kier alpha value is -1.61. The van der Waals surface area contributed by atoms with Gasteiger partial charge in [0.15, 0.2) is 5.78 Å². The first-order valence-electron chi connectivity index (χ1n) is 5.75. The van der Waals surface area contributed by atoms with Gasteiger partial charge in [0.25, 0.3) is 0 Å². The lowest BCUT2D eigenvalue weighted by atomic mass is 10.0. The molecule has 0 aliphatic heterocycles. The summed E-state index contributed by atoms with van der Waals surface area (Å²) in [6, 6.07) is 7.33. The quantitative estimate of drug-likeness (QED) is 0.797. The van der Waals surface area contributed by atoms with Gasteiger partial charge in [-0.05, 0) is 43.7 Å². The van der Waals surface area contributed by atoms with Crippen LogP contribution in [0.5, 0.6) is 0 Å². The van der Waals surface area contributed by atoms with Crippen LogP contribution in [0.2, 0.25) is 5.02 Å². The molecule has 18 heavy (non-hydrogen) atoms. The number of hydrogen-bond donors (Lipinski definition) is 0. The molecule has 3 nitrogen and oxygen atoms in total. The maximum Gasteiger partial charge on any atom is 0.168 e. The van der Waals surface area contributed by atoms with Gasteiger partial charge in [0, 0.05) is 23.3 Å². The average Bonchev–Trinajstić information content (AvgIpc) is 2.56. The number of aromatic nitrogens is 2. The molecule has 0 aliphatic carbocycles. The number of Topliss-reactive ketones (excluding diaryl/α,β-unsaturated/α-hetero) is 1. The Morgan fingerprint density at radius 2 is 2.00 bits per heavy atom. The van der Waals surface area contributed by atoms with Crippen LogP contribution < -0.4 is 0 Å². The number of halogens is 1. The summed E-state index contributed by atoms with van der Waals surface area (Å²) in [5, 5.41) is 4.83. The van der Waals surface area contributed by atoms with Crippen LogP contribution in [0.3, 0.4) is 0 Å². The third-order valence-electron chi connectivity index (χ3n) is 2.80. The highest BCUT2D eigenvalue weighted by molar-refractivity contribution is 6.31. The van der Waals surface area contributed by atoms with E-state index in [9.17, 15) is 4.79 Å². The molecule has 1 aromatic carbocycles. The van der Waals surface area contributed by atoms with Gasteiger partial charge in [0.05, 0.1) is 12.1 Å². The van der Waals surface area contributed by atoms with E-state index in [2.05, 4.69) is 5.10 Å². The number of aryl methyl sites for hydroxylation is 3. The highest BCUT2D eigenvalue weighted by atomic mass is 35.5. The Balaban J connectivity index is 2.24. The Bertz CT molecular complexity index is 582. The van der Waals surface area contributed by atoms with E-state index < -0.39 is 0 Å². The van der Waals surface area contributed by atoms with Gasteiger partial charge >= 0.3 is 0 Å². The number of benzene rings is 1. The monoisotopic (exact) mass is 262 g/mol. The number of carbonyl (C=O) groups is 1. The maximum atomic E-state index is 12.2. The summed E-state index contributed by atoms with van der Waals surface area (Å²) in [6.45, 7) is 3.84. The van der Waals surface area contributed by atoms with Crippen molar-refractivity contribution in [2.75, 3.05) is 0 Å². The van der Waals surface area contributed by atoms with E-state index in [1.807, 2.05) is 39.1 Å². The van der Waals surface area contributed by atoms with Gasteiger partial charge in [-0.25, -0.2) is 0 Å². The van der Waals surface area contributed by atoms with Gasteiger partial charge in [-0.15, -0.1) is 0 Å². The first kappa shape index (κ1) is 12.8. The molecule has 0 unspecified atom stereocenters. The van der Waals surface area contributed by atoms with E-state index in [1.165, 1.54) is 0 Å². The van der Waals surface area contributed by atoms with Crippen LogP contribution in [0.1, 0.15) is 27.3 Å². The number of hydrogen-bond acceptors (Lipinski definition) is 2. The van der Waals surface area contributed by atoms with E-state index in [0.29, 0.717) is 17.0 Å². The standard InChI is InChI=1S/C14H15ClN2O/c1-9-4-11(7-12(15)5-9)14(18)8-13-6-10(2)16-17(13)3/h4-7H,8H2,1-3H3. The molecule has 0 bridgehead atoms. The second kappa shape index (κ2) is 4.94. The van der Waals surface area contributed by atoms with Gasteiger partial charge in [0.2, 0.25) is 0 Å². The summed E-state index contributed by atoms with van der Waals surface area (Å²) >= 11 is 5.96. The maximum absolute atomic E-state index is 12.2. The fourth-order valence-corrected chi connectivity index (χ4v) is 2.28. The molecule has 2 aromatic rings. The molecule has 1 aromatic heterocycles. The Kier molecular flexibility index (Phi) is 3.53. The lowest BCUT2D eigenvalue weighted by Gasteiger charge is -2.04. The van der Waals surface area contributed by atoms with Crippen LogP contribution in [0, 0.1) is 13.8 Å². The molecule has 1 heterocycles. The van der Waals surface area contributed by atoms with Crippen molar-refractivity contribution >= 4 is 17.4 Å². The minimum absolute atomic E-state index is 0.0589. The van der Waals surface area contributed by atoms with Crippen LogP contribution in [0.25, 0.3) is 0 Å². The largest absolute Gasteiger partial charge is 0.294 e. The summed E-state index contributed by atoms with van der Waals surface area (Å²) in [5.41, 5.74) is 3.48. The van der Waals surface area contributed by atoms with Crippen molar-refractivity contribution in [2.45, 2.75) is 20.3 Å². The predicted octanol–water partition coefficient (Wildman–Crippen LogP) is 3.12. The zero-order valence-corrected chi connectivity index (χ0v) is 11.5. The first-order chi connectivity index (χ1) is 8.45. The summed E-state index contributed by atoms with van der Waals surface area (Å²) < 4.78 is 1.74. The Morgan fingerprint density at radius 1 is 1.28 bits per heavy atom. The second-order valence-electron chi connectivity index (χ2n) is 4.52. The van der Waals surface area contributed by atoms with Crippen LogP contribution in [-0.4, -0.2) is 15.6 Å². The highest BCUT2D eigenvalue weighted by Gasteiger charge is 2.11. The Labute approximate surface area is 111 Å². The molecular weight excluding hydrogens is 248 g/mol. The van der Waals surface area contributed by atoms with E-state index in [1.54, 1.807) is 10.7 Å². The van der Waals surface area contributed by atoms with Gasteiger partial charge < -0.3 is 0 Å². The topological polar surface area (TPSA) is 34.9 Å². The second-order valence-corrected chi connectivity index (χ2v) is 4.95. The van der Waals surface area contributed by atoms with Crippen molar-refractivity contribution in [3.05, 3.63) is 51.8 Å². The van der Waals surface area contributed by atoms with Crippen molar-refractivity contribution in [3.63, 3.8) is 0 Å². The van der Waals surface area contributed by atoms with Crippen LogP contribution in [0.4, 0.5) is 0 Å². The molecular formula is C14H15ClN2O. The molecule has 0 fully saturated rings. The zero-order chi connectivity index (χ0) is 13.3.